The maximum absolute atomic E-state index is 12.6. The zero-order chi connectivity index (χ0) is 32.4. The van der Waals surface area contributed by atoms with Crippen LogP contribution in [0.1, 0.15) is 12.8 Å². The Morgan fingerprint density at radius 2 is 1.18 bits per heavy atom. The van der Waals surface area contributed by atoms with Gasteiger partial charge in [0.1, 0.15) is 30.8 Å². The van der Waals surface area contributed by atoms with E-state index in [0.29, 0.717) is 5.65 Å². The van der Waals surface area contributed by atoms with Crippen LogP contribution in [0.5, 0.6) is 5.75 Å². The highest BCUT2D eigenvalue weighted by Crippen LogP contribution is 2.28. The maximum atomic E-state index is 12.6. The topological polar surface area (TPSA) is 149 Å². The van der Waals surface area contributed by atoms with E-state index in [9.17, 15) is 31.5 Å². The first-order chi connectivity index (χ1) is 21.1. The molecule has 19 heteroatoms. The van der Waals surface area contributed by atoms with Gasteiger partial charge in [-0.25, -0.2) is 18.2 Å². The first kappa shape index (κ1) is 33.0. The molecule has 1 aliphatic heterocycles. The lowest BCUT2D eigenvalue weighted by molar-refractivity contribution is -0.179. The van der Waals surface area contributed by atoms with Crippen LogP contribution in [0.3, 0.4) is 0 Å². The number of carbonyl (C=O) groups excluding carboxylic acids is 2. The molecule has 0 radical (unpaired) electrons. The number of rotatable bonds is 4. The summed E-state index contributed by atoms with van der Waals surface area (Å²) >= 11 is 0. The van der Waals surface area contributed by atoms with Crippen molar-refractivity contribution in [3.8, 4) is 5.75 Å². The number of para-hydroxylation sites is 1. The number of imide groups is 1. The van der Waals surface area contributed by atoms with Crippen molar-refractivity contribution < 1.29 is 50.8 Å². The lowest BCUT2D eigenvalue weighted by Gasteiger charge is -2.07. The molecule has 0 bridgehead atoms. The fourth-order valence-electron chi connectivity index (χ4n) is 3.37. The van der Waals surface area contributed by atoms with E-state index in [1.54, 1.807) is 19.4 Å². The molecule has 1 saturated heterocycles. The Kier molecular flexibility index (Phi) is 11.4. The highest BCUT2D eigenvalue weighted by atomic mass is 19.2. The van der Waals surface area contributed by atoms with Gasteiger partial charge in [0, 0.05) is 19.0 Å². The number of hydrogen-bond acceptors (Lipinski definition) is 11. The van der Waals surface area contributed by atoms with Gasteiger partial charge in [-0.1, -0.05) is 21.8 Å². The summed E-state index contributed by atoms with van der Waals surface area (Å²) in [5.41, 5.74) is 3.09. The summed E-state index contributed by atoms with van der Waals surface area (Å²) in [6.07, 6.45) is 2.24. The molecule has 2 amide bonds. The highest BCUT2D eigenvalue weighted by molar-refractivity contribution is 6.00. The first-order valence-corrected chi connectivity index (χ1v) is 12.1. The third-order valence-electron chi connectivity index (χ3n) is 5.41. The second-order valence-corrected chi connectivity index (χ2v) is 7.99. The minimum absolute atomic E-state index is 0.248. The van der Waals surface area contributed by atoms with Crippen molar-refractivity contribution in [1.29, 1.82) is 0 Å². The molecule has 1 fully saturated rings. The van der Waals surface area contributed by atoms with Crippen LogP contribution in [0.25, 0.3) is 22.2 Å². The van der Waals surface area contributed by atoms with E-state index in [1.807, 2.05) is 30.3 Å². The summed E-state index contributed by atoms with van der Waals surface area (Å²) < 4.78 is 66.2. The van der Waals surface area contributed by atoms with Gasteiger partial charge in [-0.2, -0.15) is 13.8 Å². The molecule has 234 valence electrons. The predicted molar refractivity (Wildman–Crippen MR) is 139 cm³/mol. The molecule has 0 N–H and O–H groups in total. The van der Waals surface area contributed by atoms with Gasteiger partial charge in [-0.05, 0) is 34.7 Å². The zero-order valence-electron chi connectivity index (χ0n) is 23.4. The Morgan fingerprint density at radius 3 is 1.73 bits per heavy atom. The number of ether oxygens (including phenoxy) is 1. The number of hydroxylamine groups is 2. The van der Waals surface area contributed by atoms with Crippen molar-refractivity contribution in [2.24, 2.45) is 0 Å². The summed E-state index contributed by atoms with van der Waals surface area (Å²) in [6, 6.07) is 11.2. The van der Waals surface area contributed by atoms with E-state index in [0.717, 1.165) is 28.7 Å². The molecule has 5 aromatic rings. The molecule has 4 heterocycles. The average Bonchev–Trinajstić information content (AvgIpc) is 3.76. The number of benzene rings is 2. The molecular formula is C25H23F5N8O6. The van der Waals surface area contributed by atoms with E-state index in [4.69, 9.17) is 9.68 Å². The molecule has 44 heavy (non-hydrogen) atoms. The van der Waals surface area contributed by atoms with Gasteiger partial charge >= 0.3 is 0 Å². The lowest BCUT2D eigenvalue weighted by atomic mass is 10.3. The van der Waals surface area contributed by atoms with Crippen molar-refractivity contribution in [1.82, 2.24) is 40.4 Å². The Morgan fingerprint density at radius 1 is 0.659 bits per heavy atom. The highest BCUT2D eigenvalue weighted by Gasteiger charge is 2.29. The third-order valence-corrected chi connectivity index (χ3v) is 5.41. The van der Waals surface area contributed by atoms with E-state index in [2.05, 4.69) is 35.2 Å². The summed E-state index contributed by atoms with van der Waals surface area (Å²) in [7, 11) is 5.18. The van der Waals surface area contributed by atoms with Crippen molar-refractivity contribution in [2.75, 3.05) is 28.4 Å². The van der Waals surface area contributed by atoms with Crippen molar-refractivity contribution in [3.63, 3.8) is 0 Å². The molecule has 6 rings (SSSR count). The summed E-state index contributed by atoms with van der Waals surface area (Å²) in [4.78, 5) is 42.1. The van der Waals surface area contributed by atoms with Crippen LogP contribution in [0.4, 0.5) is 22.0 Å². The van der Waals surface area contributed by atoms with Gasteiger partial charge in [0.25, 0.3) is 11.8 Å². The molecule has 0 saturated carbocycles. The smallest absolute Gasteiger partial charge is 0.253 e. The summed E-state index contributed by atoms with van der Waals surface area (Å²) in [6.45, 7) is 0. The van der Waals surface area contributed by atoms with E-state index < -0.39 is 34.8 Å². The number of fused-ring (bicyclic) bond motifs is 2. The average molecular weight is 626 g/mol. The lowest BCUT2D eigenvalue weighted by Crippen LogP contribution is -2.27. The Labute approximate surface area is 244 Å². The Bertz CT molecular complexity index is 1630. The molecule has 0 aliphatic carbocycles. The van der Waals surface area contributed by atoms with Crippen LogP contribution in [0.15, 0.2) is 42.6 Å². The molecule has 0 unspecified atom stereocenters. The van der Waals surface area contributed by atoms with E-state index >= 15 is 0 Å². The van der Waals surface area contributed by atoms with Crippen LogP contribution < -0.4 is 14.4 Å². The van der Waals surface area contributed by atoms with Crippen LogP contribution >= 0.6 is 0 Å². The molecule has 14 nitrogen and oxygen atoms in total. The second kappa shape index (κ2) is 15.1. The normalized spacial score (nSPS) is 12.2. The summed E-state index contributed by atoms with van der Waals surface area (Å²) in [5, 5.41) is 15.9. The number of methoxy groups -OCH3 is 1. The third kappa shape index (κ3) is 7.30. The van der Waals surface area contributed by atoms with Crippen molar-refractivity contribution in [2.45, 2.75) is 12.8 Å². The number of hydrogen-bond donors (Lipinski definition) is 0. The molecular weight excluding hydrogens is 603 g/mol. The number of pyridine rings is 1. The monoisotopic (exact) mass is 626 g/mol. The van der Waals surface area contributed by atoms with Crippen molar-refractivity contribution in [3.05, 3.63) is 71.7 Å². The fourth-order valence-corrected chi connectivity index (χ4v) is 3.37. The van der Waals surface area contributed by atoms with E-state index in [-0.39, 0.29) is 24.7 Å². The quantitative estimate of drug-likeness (QED) is 0.125. The zero-order valence-corrected chi connectivity index (χ0v) is 23.4. The van der Waals surface area contributed by atoms with Crippen LogP contribution in [-0.2, 0) is 14.4 Å². The van der Waals surface area contributed by atoms with Crippen LogP contribution in [0, 0.1) is 29.1 Å². The molecule has 0 spiro atoms. The number of aromatic nitrogens is 7. The maximum Gasteiger partial charge on any atom is 0.253 e. The number of amides is 2. The number of carbonyl (C=O) groups is 2. The largest absolute Gasteiger partial charge is 0.491 e. The standard InChI is InChI=1S/C7H3F5O.C7H7N3O.C6H6N4O.C5H7NO3/c1-13-7-5(11)3(9)2(8)4(10)6(7)12;1-11-10-7-5-3-2-4-6(7)8-9-10;1-11-10-6-5(8-9-10)3-2-4-7-6;1-9-6-4(7)2-3-5(6)8/h1H3;2-5H,1H3;2-4H,1H3;2-3H2,1H3. The van der Waals surface area contributed by atoms with Gasteiger partial charge in [0.2, 0.25) is 34.7 Å². The SMILES string of the molecule is CON1C(=O)CCC1=O.COc1c(F)c(F)c(F)c(F)c1F.COn1nnc2ccccc21.COn1nnc2cccnc21. The van der Waals surface area contributed by atoms with Gasteiger partial charge in [0.15, 0.2) is 5.75 Å². The molecule has 2 aromatic carbocycles. The summed E-state index contributed by atoms with van der Waals surface area (Å²) in [5.74, 6) is -12.0. The predicted octanol–water partition coefficient (Wildman–Crippen LogP) is 2.46. The minimum atomic E-state index is -2.20. The number of halogens is 5. The van der Waals surface area contributed by atoms with Crippen LogP contribution in [0.2, 0.25) is 0 Å². The molecule has 0 atom stereocenters. The van der Waals surface area contributed by atoms with Gasteiger partial charge in [-0.3, -0.25) is 14.4 Å². The fraction of sp³-hybridized carbons (Fsp3) is 0.240. The van der Waals surface area contributed by atoms with Gasteiger partial charge in [0.05, 0.1) is 14.2 Å². The number of nitrogens with zero attached hydrogens (tertiary/aromatic N) is 8. The van der Waals surface area contributed by atoms with E-state index in [1.165, 1.54) is 23.9 Å². The Balaban J connectivity index is 0.000000161. The van der Waals surface area contributed by atoms with Gasteiger partial charge in [-0.15, -0.1) is 10.2 Å². The second-order valence-electron chi connectivity index (χ2n) is 7.99. The Hall–Kier alpha value is -5.46. The minimum Gasteiger partial charge on any atom is -0.491 e. The first-order valence-electron chi connectivity index (χ1n) is 12.1. The molecule has 3 aromatic heterocycles. The van der Waals surface area contributed by atoms with Crippen LogP contribution in [-0.4, -0.2) is 80.6 Å². The van der Waals surface area contributed by atoms with Gasteiger partial charge < -0.3 is 14.4 Å². The molecule has 1 aliphatic rings. The van der Waals surface area contributed by atoms with Crippen molar-refractivity contribution >= 4 is 34.0 Å².